The number of hydrogen-bond donors (Lipinski definition) is 4. The number of imide groups is 1. The third kappa shape index (κ3) is 6.97. The summed E-state index contributed by atoms with van der Waals surface area (Å²) in [4.78, 5) is 49.8. The Kier molecular flexibility index (Phi) is 8.84. The van der Waals surface area contributed by atoms with Gasteiger partial charge in [0.05, 0.1) is 18.6 Å². The van der Waals surface area contributed by atoms with Gasteiger partial charge < -0.3 is 15.3 Å². The minimum absolute atomic E-state index is 0.00785. The summed E-state index contributed by atoms with van der Waals surface area (Å²) in [5, 5.41) is 23.9. The molecule has 0 aromatic heterocycles. The maximum Gasteiger partial charge on any atom is 0.321 e. The van der Waals surface area contributed by atoms with Crippen LogP contribution < -0.4 is 10.6 Å². The van der Waals surface area contributed by atoms with Crippen LogP contribution in [0.2, 0.25) is 0 Å². The average Bonchev–Trinajstić information content (AvgIpc) is 3.36. The molecule has 3 unspecified atom stereocenters. The number of rotatable bonds is 9. The van der Waals surface area contributed by atoms with Crippen molar-refractivity contribution < 1.29 is 29.5 Å². The summed E-state index contributed by atoms with van der Waals surface area (Å²) in [6.45, 7) is 1.79. The fraction of sp³-hybridized carbons (Fsp3) is 0.789. The highest BCUT2D eigenvalue weighted by molar-refractivity contribution is 5.99. The van der Waals surface area contributed by atoms with Gasteiger partial charge >= 0.3 is 6.03 Å². The number of nitrogens with one attached hydrogen (secondary N) is 2. The van der Waals surface area contributed by atoms with Gasteiger partial charge in [0.25, 0.3) is 5.91 Å². The van der Waals surface area contributed by atoms with E-state index in [4.69, 9.17) is 0 Å². The summed E-state index contributed by atoms with van der Waals surface area (Å²) >= 11 is 0. The Morgan fingerprint density at radius 2 is 1.90 bits per heavy atom. The number of aliphatic hydroxyl groups is 1. The van der Waals surface area contributed by atoms with Crippen molar-refractivity contribution in [1.29, 1.82) is 0 Å². The van der Waals surface area contributed by atoms with Crippen molar-refractivity contribution in [3.05, 3.63) is 0 Å². The average molecular weight is 412 g/mol. The smallest absolute Gasteiger partial charge is 0.321 e. The Morgan fingerprint density at radius 3 is 2.52 bits per heavy atom. The summed E-state index contributed by atoms with van der Waals surface area (Å²) < 4.78 is 0. The van der Waals surface area contributed by atoms with E-state index in [0.29, 0.717) is 36.8 Å². The first-order valence-corrected chi connectivity index (χ1v) is 10.3. The van der Waals surface area contributed by atoms with Gasteiger partial charge in [-0.05, 0) is 32.1 Å². The van der Waals surface area contributed by atoms with E-state index in [1.807, 2.05) is 0 Å². The largest absolute Gasteiger partial charge is 0.392 e. The van der Waals surface area contributed by atoms with Crippen LogP contribution in [0.4, 0.5) is 4.79 Å². The minimum Gasteiger partial charge on any atom is -0.392 e. The molecular weight excluding hydrogens is 380 g/mol. The first kappa shape index (κ1) is 23.1. The molecular formula is C19H32N4O6. The van der Waals surface area contributed by atoms with Gasteiger partial charge in [0.2, 0.25) is 12.3 Å². The molecule has 5 amide bonds. The summed E-state index contributed by atoms with van der Waals surface area (Å²) in [7, 11) is 0. The van der Waals surface area contributed by atoms with Crippen molar-refractivity contribution >= 4 is 24.3 Å². The third-order valence-electron chi connectivity index (χ3n) is 5.60. The van der Waals surface area contributed by atoms with E-state index in [1.165, 1.54) is 11.8 Å². The quantitative estimate of drug-likeness (QED) is 0.243. The summed E-state index contributed by atoms with van der Waals surface area (Å²) in [5.74, 6) is -1.08. The Labute approximate surface area is 170 Å². The van der Waals surface area contributed by atoms with E-state index in [9.17, 15) is 29.5 Å². The van der Waals surface area contributed by atoms with Gasteiger partial charge in [-0.2, -0.15) is 0 Å². The van der Waals surface area contributed by atoms with Gasteiger partial charge in [-0.25, -0.2) is 9.86 Å². The Hall–Kier alpha value is -2.20. The number of aliphatic hydroxyl groups excluding tert-OH is 1. The standard InChI is InChI=1S/C19H32N4O6/c1-13(25)10-20-19(28)21-17(26)16-7-4-8-23(16)18(27)15(11-22(29)12-24)9-14-5-2-3-6-14/h12-16,25,29H,2-11H2,1H3,(H2,20,21,26,28). The molecule has 0 spiro atoms. The maximum absolute atomic E-state index is 13.2. The van der Waals surface area contributed by atoms with Crippen LogP contribution in [0.5, 0.6) is 0 Å². The first-order valence-electron chi connectivity index (χ1n) is 10.3. The molecule has 164 valence electrons. The number of nitrogens with zero attached hydrogens (tertiary/aromatic N) is 2. The monoisotopic (exact) mass is 412 g/mol. The molecule has 1 heterocycles. The van der Waals surface area contributed by atoms with Crippen LogP contribution in [0.3, 0.4) is 0 Å². The normalized spacial score (nSPS) is 21.5. The lowest BCUT2D eigenvalue weighted by Gasteiger charge is -2.30. The number of hydrogen-bond acceptors (Lipinski definition) is 6. The molecule has 3 atom stereocenters. The van der Waals surface area contributed by atoms with Crippen molar-refractivity contribution in [3.8, 4) is 0 Å². The van der Waals surface area contributed by atoms with Crippen LogP contribution >= 0.6 is 0 Å². The van der Waals surface area contributed by atoms with Crippen molar-refractivity contribution in [3.63, 3.8) is 0 Å². The molecule has 0 aromatic rings. The SMILES string of the molecule is CC(O)CNC(=O)NC(=O)C1CCCN1C(=O)C(CC1CCCC1)CN(O)C=O. The molecule has 1 aliphatic carbocycles. The van der Waals surface area contributed by atoms with E-state index in [1.54, 1.807) is 0 Å². The number of urea groups is 1. The van der Waals surface area contributed by atoms with Crippen LogP contribution in [0.25, 0.3) is 0 Å². The van der Waals surface area contributed by atoms with Crippen LogP contribution in [0.1, 0.15) is 51.9 Å². The van der Waals surface area contributed by atoms with Crippen LogP contribution in [-0.4, -0.2) is 76.3 Å². The molecule has 2 rings (SSSR count). The second-order valence-corrected chi connectivity index (χ2v) is 8.05. The molecule has 2 fully saturated rings. The van der Waals surface area contributed by atoms with Crippen LogP contribution in [0.15, 0.2) is 0 Å². The van der Waals surface area contributed by atoms with Gasteiger partial charge in [0.15, 0.2) is 0 Å². The zero-order chi connectivity index (χ0) is 21.4. The Morgan fingerprint density at radius 1 is 1.21 bits per heavy atom. The summed E-state index contributed by atoms with van der Waals surface area (Å²) in [5.41, 5.74) is 0. The number of carbonyl (C=O) groups excluding carboxylic acids is 4. The predicted molar refractivity (Wildman–Crippen MR) is 103 cm³/mol. The summed E-state index contributed by atoms with van der Waals surface area (Å²) in [6, 6.07) is -1.49. The molecule has 1 saturated carbocycles. The second-order valence-electron chi connectivity index (χ2n) is 8.05. The highest BCUT2D eigenvalue weighted by Gasteiger charge is 2.39. The second kappa shape index (κ2) is 11.1. The maximum atomic E-state index is 13.2. The number of likely N-dealkylation sites (tertiary alicyclic amines) is 1. The van der Waals surface area contributed by atoms with Gasteiger partial charge in [-0.3, -0.25) is 24.9 Å². The lowest BCUT2D eigenvalue weighted by Crippen LogP contribution is -2.52. The third-order valence-corrected chi connectivity index (χ3v) is 5.60. The molecule has 10 nitrogen and oxygen atoms in total. The Bertz CT molecular complexity index is 593. The lowest BCUT2D eigenvalue weighted by molar-refractivity contribution is -0.158. The number of carbonyl (C=O) groups is 4. The molecule has 29 heavy (non-hydrogen) atoms. The Balaban J connectivity index is 2.01. The number of amides is 5. The molecule has 10 heteroatoms. The predicted octanol–water partition coefficient (Wildman–Crippen LogP) is 0.228. The van der Waals surface area contributed by atoms with E-state index >= 15 is 0 Å². The van der Waals surface area contributed by atoms with Crippen molar-refractivity contribution in [2.75, 3.05) is 19.6 Å². The van der Waals surface area contributed by atoms with Gasteiger partial charge in [0.1, 0.15) is 6.04 Å². The molecule has 0 bridgehead atoms. The van der Waals surface area contributed by atoms with Crippen molar-refractivity contribution in [2.45, 2.75) is 64.0 Å². The van der Waals surface area contributed by atoms with Crippen molar-refractivity contribution in [1.82, 2.24) is 20.6 Å². The number of hydroxylamine groups is 2. The van der Waals surface area contributed by atoms with Crippen molar-refractivity contribution in [2.24, 2.45) is 11.8 Å². The van der Waals surface area contributed by atoms with Crippen LogP contribution in [0, 0.1) is 11.8 Å². The molecule has 4 N–H and O–H groups in total. The van der Waals surface area contributed by atoms with E-state index in [-0.39, 0.29) is 25.4 Å². The van der Waals surface area contributed by atoms with Gasteiger partial charge in [-0.15, -0.1) is 0 Å². The fourth-order valence-corrected chi connectivity index (χ4v) is 4.19. The molecule has 0 aromatic carbocycles. The first-order chi connectivity index (χ1) is 13.8. The highest BCUT2D eigenvalue weighted by Crippen LogP contribution is 2.32. The van der Waals surface area contributed by atoms with Gasteiger partial charge in [-0.1, -0.05) is 25.7 Å². The zero-order valence-corrected chi connectivity index (χ0v) is 16.9. The molecule has 2 aliphatic rings. The molecule has 0 radical (unpaired) electrons. The summed E-state index contributed by atoms with van der Waals surface area (Å²) in [6.07, 6.45) is 5.42. The topological polar surface area (TPSA) is 139 Å². The fourth-order valence-electron chi connectivity index (χ4n) is 4.19. The highest BCUT2D eigenvalue weighted by atomic mass is 16.5. The molecule has 1 aliphatic heterocycles. The molecule has 1 saturated heterocycles. The van der Waals surface area contributed by atoms with Gasteiger partial charge in [0, 0.05) is 13.1 Å². The zero-order valence-electron chi connectivity index (χ0n) is 16.9. The van der Waals surface area contributed by atoms with Crippen LogP contribution in [-0.2, 0) is 14.4 Å². The van der Waals surface area contributed by atoms with E-state index < -0.39 is 30.0 Å². The van der Waals surface area contributed by atoms with E-state index in [0.717, 1.165) is 25.7 Å². The van der Waals surface area contributed by atoms with E-state index in [2.05, 4.69) is 10.6 Å². The lowest BCUT2D eigenvalue weighted by atomic mass is 9.91. The minimum atomic E-state index is -0.769.